The molecule has 1 aromatic heterocycles. The molecule has 0 unspecified atom stereocenters. The Hall–Kier alpha value is -3.33. The van der Waals surface area contributed by atoms with E-state index in [1.165, 1.54) is 0 Å². The topological polar surface area (TPSA) is 31.4 Å². The minimum Gasteiger partial charge on any atom is -0.497 e. The van der Waals surface area contributed by atoms with Crippen molar-refractivity contribution in [2.75, 3.05) is 7.11 Å². The predicted molar refractivity (Wildman–Crippen MR) is 105 cm³/mol. The predicted octanol–water partition coefficient (Wildman–Crippen LogP) is 5.49. The molecular weight excluding hydrogens is 322 g/mol. The first kappa shape index (κ1) is 16.2. The van der Waals surface area contributed by atoms with Crippen LogP contribution in [-0.2, 0) is 6.61 Å². The molecule has 0 saturated carbocycles. The number of hydrogen-bond acceptors (Lipinski definition) is 3. The molecule has 0 saturated heterocycles. The van der Waals surface area contributed by atoms with Crippen molar-refractivity contribution in [3.05, 3.63) is 90.5 Å². The zero-order valence-electron chi connectivity index (χ0n) is 14.6. The maximum atomic E-state index is 5.84. The number of pyridine rings is 1. The van der Waals surface area contributed by atoms with Gasteiger partial charge in [-0.05, 0) is 54.1 Å². The second kappa shape index (κ2) is 7.28. The Morgan fingerprint density at radius 1 is 0.769 bits per heavy atom. The molecule has 1 heterocycles. The van der Waals surface area contributed by atoms with Crippen LogP contribution in [0, 0.1) is 0 Å². The van der Waals surface area contributed by atoms with E-state index in [2.05, 4.69) is 18.2 Å². The molecule has 3 heteroatoms. The van der Waals surface area contributed by atoms with Crippen molar-refractivity contribution < 1.29 is 9.47 Å². The number of ether oxygens (including phenoxy) is 2. The van der Waals surface area contributed by atoms with Crippen LogP contribution >= 0.6 is 0 Å². The summed E-state index contributed by atoms with van der Waals surface area (Å²) in [4.78, 5) is 4.75. The van der Waals surface area contributed by atoms with Crippen LogP contribution < -0.4 is 9.47 Å². The Kier molecular flexibility index (Phi) is 4.52. The molecule has 4 aromatic rings. The van der Waals surface area contributed by atoms with Gasteiger partial charge in [-0.15, -0.1) is 0 Å². The Morgan fingerprint density at radius 2 is 1.54 bits per heavy atom. The first-order valence-corrected chi connectivity index (χ1v) is 8.54. The fourth-order valence-corrected chi connectivity index (χ4v) is 2.85. The largest absolute Gasteiger partial charge is 0.497 e. The molecule has 0 bridgehead atoms. The standard InChI is InChI=1S/C23H19NO2/c1-25-21-12-14-23-19(15-21)9-13-22(24-23)18-7-10-20(11-8-18)26-16-17-5-3-2-4-6-17/h2-15H,16H2,1H3. The van der Waals surface area contributed by atoms with Gasteiger partial charge in [-0.2, -0.15) is 0 Å². The molecule has 26 heavy (non-hydrogen) atoms. The fourth-order valence-electron chi connectivity index (χ4n) is 2.85. The average molecular weight is 341 g/mol. The molecule has 3 nitrogen and oxygen atoms in total. The van der Waals surface area contributed by atoms with E-state index in [1.54, 1.807) is 7.11 Å². The van der Waals surface area contributed by atoms with Gasteiger partial charge in [-0.25, -0.2) is 4.98 Å². The lowest BCUT2D eigenvalue weighted by Gasteiger charge is -2.08. The van der Waals surface area contributed by atoms with Gasteiger partial charge in [0.05, 0.1) is 18.3 Å². The molecule has 0 amide bonds. The lowest BCUT2D eigenvalue weighted by molar-refractivity contribution is 0.306. The average Bonchev–Trinajstić information content (AvgIpc) is 2.72. The van der Waals surface area contributed by atoms with Crippen LogP contribution in [0.15, 0.2) is 84.9 Å². The summed E-state index contributed by atoms with van der Waals surface area (Å²) in [5.41, 5.74) is 4.11. The molecule has 0 aliphatic carbocycles. The van der Waals surface area contributed by atoms with Crippen LogP contribution in [-0.4, -0.2) is 12.1 Å². The molecular formula is C23H19NO2. The third kappa shape index (κ3) is 3.52. The molecule has 0 spiro atoms. The molecule has 0 atom stereocenters. The van der Waals surface area contributed by atoms with Gasteiger partial charge < -0.3 is 9.47 Å². The number of nitrogens with zero attached hydrogens (tertiary/aromatic N) is 1. The number of hydrogen-bond donors (Lipinski definition) is 0. The van der Waals surface area contributed by atoms with Crippen LogP contribution in [0.5, 0.6) is 11.5 Å². The van der Waals surface area contributed by atoms with E-state index >= 15 is 0 Å². The molecule has 0 aliphatic rings. The molecule has 0 fully saturated rings. The zero-order chi connectivity index (χ0) is 17.8. The van der Waals surface area contributed by atoms with E-state index in [0.29, 0.717) is 6.61 Å². The first-order valence-electron chi connectivity index (χ1n) is 8.54. The third-order valence-electron chi connectivity index (χ3n) is 4.29. The van der Waals surface area contributed by atoms with E-state index in [-0.39, 0.29) is 0 Å². The third-order valence-corrected chi connectivity index (χ3v) is 4.29. The summed E-state index contributed by atoms with van der Waals surface area (Å²) in [5, 5.41) is 1.07. The van der Waals surface area contributed by atoms with E-state index < -0.39 is 0 Å². The summed E-state index contributed by atoms with van der Waals surface area (Å²) in [6, 6.07) is 28.2. The molecule has 0 N–H and O–H groups in total. The highest BCUT2D eigenvalue weighted by atomic mass is 16.5. The number of aromatic nitrogens is 1. The normalized spacial score (nSPS) is 10.7. The van der Waals surface area contributed by atoms with Crippen LogP contribution in [0.4, 0.5) is 0 Å². The summed E-state index contributed by atoms with van der Waals surface area (Å²) >= 11 is 0. The second-order valence-electron chi connectivity index (χ2n) is 6.05. The number of benzene rings is 3. The summed E-state index contributed by atoms with van der Waals surface area (Å²) in [6.07, 6.45) is 0. The SMILES string of the molecule is COc1ccc2nc(-c3ccc(OCc4ccccc4)cc3)ccc2c1. The number of fused-ring (bicyclic) bond motifs is 1. The summed E-state index contributed by atoms with van der Waals surface area (Å²) in [7, 11) is 1.67. The Morgan fingerprint density at radius 3 is 2.31 bits per heavy atom. The van der Waals surface area contributed by atoms with Gasteiger partial charge in [-0.1, -0.05) is 36.4 Å². The monoisotopic (exact) mass is 341 g/mol. The van der Waals surface area contributed by atoms with E-state index in [4.69, 9.17) is 14.5 Å². The van der Waals surface area contributed by atoms with Crippen LogP contribution in [0.3, 0.4) is 0 Å². The lowest BCUT2D eigenvalue weighted by atomic mass is 10.1. The smallest absolute Gasteiger partial charge is 0.119 e. The molecule has 4 rings (SSSR count). The lowest BCUT2D eigenvalue weighted by Crippen LogP contribution is -1.94. The van der Waals surface area contributed by atoms with Gasteiger partial charge >= 0.3 is 0 Å². The highest BCUT2D eigenvalue weighted by Gasteiger charge is 2.04. The van der Waals surface area contributed by atoms with Crippen molar-refractivity contribution in [2.24, 2.45) is 0 Å². The van der Waals surface area contributed by atoms with E-state index in [0.717, 1.165) is 39.2 Å². The summed E-state index contributed by atoms with van der Waals surface area (Å²) in [6.45, 7) is 0.566. The van der Waals surface area contributed by atoms with E-state index in [9.17, 15) is 0 Å². The van der Waals surface area contributed by atoms with Crippen LogP contribution in [0.1, 0.15) is 5.56 Å². The quantitative estimate of drug-likeness (QED) is 0.481. The zero-order valence-corrected chi connectivity index (χ0v) is 14.6. The summed E-state index contributed by atoms with van der Waals surface area (Å²) < 4.78 is 11.1. The number of methoxy groups -OCH3 is 1. The Bertz CT molecular complexity index is 1010. The van der Waals surface area contributed by atoms with Gasteiger partial charge in [0.25, 0.3) is 0 Å². The van der Waals surface area contributed by atoms with Crippen molar-refractivity contribution in [3.8, 4) is 22.8 Å². The van der Waals surface area contributed by atoms with Crippen molar-refractivity contribution in [3.63, 3.8) is 0 Å². The Balaban J connectivity index is 1.52. The molecule has 128 valence electrons. The molecule has 0 radical (unpaired) electrons. The van der Waals surface area contributed by atoms with Crippen molar-refractivity contribution in [2.45, 2.75) is 6.61 Å². The van der Waals surface area contributed by atoms with Gasteiger partial charge in [-0.3, -0.25) is 0 Å². The van der Waals surface area contributed by atoms with Gasteiger partial charge in [0, 0.05) is 10.9 Å². The number of rotatable bonds is 5. The Labute approximate surface area is 152 Å². The molecule has 0 aliphatic heterocycles. The summed E-state index contributed by atoms with van der Waals surface area (Å²) in [5.74, 6) is 1.69. The first-order chi connectivity index (χ1) is 12.8. The van der Waals surface area contributed by atoms with Crippen molar-refractivity contribution >= 4 is 10.9 Å². The maximum absolute atomic E-state index is 5.84. The van der Waals surface area contributed by atoms with Crippen LogP contribution in [0.2, 0.25) is 0 Å². The highest BCUT2D eigenvalue weighted by molar-refractivity contribution is 5.82. The van der Waals surface area contributed by atoms with Crippen LogP contribution in [0.25, 0.3) is 22.2 Å². The second-order valence-corrected chi connectivity index (χ2v) is 6.05. The minimum absolute atomic E-state index is 0.566. The molecule has 3 aromatic carbocycles. The van der Waals surface area contributed by atoms with Gasteiger partial charge in [0.1, 0.15) is 18.1 Å². The van der Waals surface area contributed by atoms with Gasteiger partial charge in [0.2, 0.25) is 0 Å². The van der Waals surface area contributed by atoms with E-state index in [1.807, 2.05) is 66.7 Å². The maximum Gasteiger partial charge on any atom is 0.119 e. The van der Waals surface area contributed by atoms with Crippen molar-refractivity contribution in [1.82, 2.24) is 4.98 Å². The van der Waals surface area contributed by atoms with Crippen molar-refractivity contribution in [1.29, 1.82) is 0 Å². The van der Waals surface area contributed by atoms with Gasteiger partial charge in [0.15, 0.2) is 0 Å². The minimum atomic E-state index is 0.566. The highest BCUT2D eigenvalue weighted by Crippen LogP contribution is 2.25. The fraction of sp³-hybridized carbons (Fsp3) is 0.0870.